The van der Waals surface area contributed by atoms with Gasteiger partial charge in [0.1, 0.15) is 0 Å². The Labute approximate surface area is 348 Å². The summed E-state index contributed by atoms with van der Waals surface area (Å²) in [6.07, 6.45) is 9.16. The minimum atomic E-state index is -0.462. The minimum Gasteiger partial charge on any atom is -0.310 e. The van der Waals surface area contributed by atoms with Crippen LogP contribution in [0.2, 0.25) is 0 Å². The van der Waals surface area contributed by atoms with Crippen molar-refractivity contribution in [2.45, 2.75) is 37.5 Å². The van der Waals surface area contributed by atoms with Crippen LogP contribution in [0.25, 0.3) is 39.0 Å². The van der Waals surface area contributed by atoms with E-state index in [2.05, 4.69) is 231 Å². The van der Waals surface area contributed by atoms with E-state index in [9.17, 15) is 0 Å². The highest BCUT2D eigenvalue weighted by Crippen LogP contribution is 2.58. The number of benzene rings is 8. The van der Waals surface area contributed by atoms with Crippen LogP contribution in [0, 0.1) is 0 Å². The summed E-state index contributed by atoms with van der Waals surface area (Å²) in [5.74, 6) is 0. The molecule has 0 spiro atoms. The van der Waals surface area contributed by atoms with Gasteiger partial charge in [-0.3, -0.25) is 0 Å². The fourth-order valence-electron chi connectivity index (χ4n) is 10.5. The predicted molar refractivity (Wildman–Crippen MR) is 248 cm³/mol. The zero-order chi connectivity index (χ0) is 39.6. The number of anilines is 3. The van der Waals surface area contributed by atoms with Gasteiger partial charge in [0, 0.05) is 22.4 Å². The summed E-state index contributed by atoms with van der Waals surface area (Å²) in [7, 11) is 0. The first-order valence-electron chi connectivity index (χ1n) is 21.0. The smallest absolute Gasteiger partial charge is 0.0713 e. The van der Waals surface area contributed by atoms with Crippen molar-refractivity contribution in [3.05, 3.63) is 251 Å². The van der Waals surface area contributed by atoms with E-state index < -0.39 is 5.41 Å². The van der Waals surface area contributed by atoms with Crippen molar-refractivity contribution in [3.8, 4) is 33.4 Å². The lowest BCUT2D eigenvalue weighted by Gasteiger charge is -2.34. The molecule has 1 heteroatoms. The molecule has 3 aliphatic rings. The molecule has 0 saturated heterocycles. The Morgan fingerprint density at radius 2 is 0.983 bits per heavy atom. The number of nitrogens with zero attached hydrogens (tertiary/aromatic N) is 1. The fourth-order valence-corrected chi connectivity index (χ4v) is 10.5. The molecule has 11 rings (SSSR count). The van der Waals surface area contributed by atoms with Gasteiger partial charge in [0.15, 0.2) is 0 Å². The van der Waals surface area contributed by atoms with Gasteiger partial charge in [-0.25, -0.2) is 0 Å². The highest BCUT2D eigenvalue weighted by atomic mass is 15.1. The summed E-state index contributed by atoms with van der Waals surface area (Å²) in [4.78, 5) is 2.53. The van der Waals surface area contributed by atoms with Crippen molar-refractivity contribution < 1.29 is 0 Å². The molecule has 1 nitrogen and oxygen atoms in total. The average Bonchev–Trinajstić information content (AvgIpc) is 3.73. The lowest BCUT2D eigenvalue weighted by atomic mass is 9.68. The molecule has 0 aliphatic heterocycles. The van der Waals surface area contributed by atoms with Crippen molar-refractivity contribution in [3.63, 3.8) is 0 Å². The van der Waals surface area contributed by atoms with Gasteiger partial charge in [-0.2, -0.15) is 0 Å². The van der Waals surface area contributed by atoms with Crippen molar-refractivity contribution in [1.82, 2.24) is 0 Å². The summed E-state index contributed by atoms with van der Waals surface area (Å²) in [6, 6.07) is 72.5. The van der Waals surface area contributed by atoms with Gasteiger partial charge in [0.2, 0.25) is 0 Å². The van der Waals surface area contributed by atoms with Crippen LogP contribution < -0.4 is 4.90 Å². The first kappa shape index (κ1) is 35.2. The van der Waals surface area contributed by atoms with E-state index >= 15 is 0 Å². The normalized spacial score (nSPS) is 15.1. The number of hydrogen-bond acceptors (Lipinski definition) is 1. The zero-order valence-electron chi connectivity index (χ0n) is 33.6. The van der Waals surface area contributed by atoms with Crippen LogP contribution in [0.1, 0.15) is 65.6 Å². The van der Waals surface area contributed by atoms with Crippen molar-refractivity contribution in [1.29, 1.82) is 0 Å². The molecular formula is C58H45N. The first-order valence-corrected chi connectivity index (χ1v) is 21.0. The molecule has 282 valence electrons. The van der Waals surface area contributed by atoms with Gasteiger partial charge in [-0.15, -0.1) is 0 Å². The number of fused-ring (bicyclic) bond motifs is 6. The van der Waals surface area contributed by atoms with E-state index in [1.807, 2.05) is 0 Å². The van der Waals surface area contributed by atoms with Crippen LogP contribution in [0.4, 0.5) is 17.1 Å². The molecule has 0 radical (unpaired) electrons. The molecule has 0 amide bonds. The molecule has 0 unspecified atom stereocenters. The molecular weight excluding hydrogens is 711 g/mol. The third-order valence-corrected chi connectivity index (χ3v) is 13.2. The summed E-state index contributed by atoms with van der Waals surface area (Å²) in [5.41, 5.74) is 20.9. The van der Waals surface area contributed by atoms with Crippen LogP contribution >= 0.6 is 0 Å². The van der Waals surface area contributed by atoms with Gasteiger partial charge >= 0.3 is 0 Å². The van der Waals surface area contributed by atoms with Crippen molar-refractivity contribution in [2.75, 3.05) is 4.90 Å². The molecule has 0 heterocycles. The van der Waals surface area contributed by atoms with E-state index in [4.69, 9.17) is 0 Å². The molecule has 0 atom stereocenters. The maximum Gasteiger partial charge on any atom is 0.0713 e. The van der Waals surface area contributed by atoms with Gasteiger partial charge in [0.25, 0.3) is 0 Å². The van der Waals surface area contributed by atoms with E-state index in [1.54, 1.807) is 0 Å². The fraction of sp³-hybridized carbons (Fsp3) is 0.103. The Balaban J connectivity index is 1.20. The van der Waals surface area contributed by atoms with Crippen molar-refractivity contribution in [2.24, 2.45) is 0 Å². The summed E-state index contributed by atoms with van der Waals surface area (Å²) in [5, 5.41) is 0. The maximum absolute atomic E-state index is 2.53. The van der Waals surface area contributed by atoms with E-state index in [1.165, 1.54) is 77.9 Å². The van der Waals surface area contributed by atoms with Crippen molar-refractivity contribution >= 4 is 22.6 Å². The lowest BCUT2D eigenvalue weighted by molar-refractivity contribution is 0.660. The molecule has 8 aromatic carbocycles. The second-order valence-corrected chi connectivity index (χ2v) is 16.7. The van der Waals surface area contributed by atoms with Crippen LogP contribution in [0.5, 0.6) is 0 Å². The molecule has 0 aromatic heterocycles. The van der Waals surface area contributed by atoms with Crippen LogP contribution in [-0.2, 0) is 10.8 Å². The first-order chi connectivity index (χ1) is 29.0. The summed E-state index contributed by atoms with van der Waals surface area (Å²) in [6.45, 7) is 4.76. The number of rotatable bonds is 7. The summed E-state index contributed by atoms with van der Waals surface area (Å²) >= 11 is 0. The highest BCUT2D eigenvalue weighted by molar-refractivity contribution is 5.98. The molecule has 0 N–H and O–H groups in total. The molecule has 8 aromatic rings. The number of hydrogen-bond donors (Lipinski definition) is 0. The van der Waals surface area contributed by atoms with E-state index in [0.29, 0.717) is 0 Å². The second-order valence-electron chi connectivity index (χ2n) is 16.7. The quantitative estimate of drug-likeness (QED) is 0.157. The SMILES string of the molecule is CC1(C)c2ccccc2-c2ccc(N(c3ccc4c(c3)-c3ccccc3C4(c3ccccc3)c3ccccc3)c3cccc(C4=CCCC=C4)c3-c3ccccc3)cc21. The highest BCUT2D eigenvalue weighted by Gasteiger charge is 2.46. The topological polar surface area (TPSA) is 3.24 Å². The Bertz CT molecular complexity index is 2910. The van der Waals surface area contributed by atoms with Gasteiger partial charge in [-0.05, 0) is 116 Å². The van der Waals surface area contributed by atoms with Gasteiger partial charge < -0.3 is 4.90 Å². The largest absolute Gasteiger partial charge is 0.310 e. The van der Waals surface area contributed by atoms with E-state index in [0.717, 1.165) is 29.9 Å². The molecule has 0 fully saturated rings. The number of allylic oxidation sites excluding steroid dienone is 4. The Hall–Kier alpha value is -6.96. The van der Waals surface area contributed by atoms with Crippen LogP contribution in [-0.4, -0.2) is 0 Å². The molecule has 3 aliphatic carbocycles. The zero-order valence-corrected chi connectivity index (χ0v) is 33.6. The van der Waals surface area contributed by atoms with Crippen LogP contribution in [0.3, 0.4) is 0 Å². The van der Waals surface area contributed by atoms with Gasteiger partial charge in [-0.1, -0.05) is 196 Å². The summed E-state index contributed by atoms with van der Waals surface area (Å²) < 4.78 is 0. The average molecular weight is 756 g/mol. The van der Waals surface area contributed by atoms with Gasteiger partial charge in [0.05, 0.1) is 11.1 Å². The third kappa shape index (κ3) is 5.38. The Kier molecular flexibility index (Phi) is 8.27. The Morgan fingerprint density at radius 3 is 1.68 bits per heavy atom. The monoisotopic (exact) mass is 755 g/mol. The molecule has 59 heavy (non-hydrogen) atoms. The Morgan fingerprint density at radius 1 is 0.424 bits per heavy atom. The maximum atomic E-state index is 2.53. The second kappa shape index (κ2) is 13.9. The van der Waals surface area contributed by atoms with Crippen LogP contribution in [0.15, 0.2) is 212 Å². The standard InChI is InChI=1S/C58H45N/c1-57(2)51-31-17-15-28-47(51)49-36-34-45(39-54(49)57)59(55-33-19-30-46(40-20-7-3-8-21-40)56(55)41-22-9-4-10-23-41)44-35-37-53-50(38-44)48-29-16-18-32-52(48)58(53,42-24-11-5-12-25-42)43-26-13-6-14-27-43/h4-7,9-39H,3,8H2,1-2H3. The molecule has 0 saturated carbocycles. The van der Waals surface area contributed by atoms with E-state index in [-0.39, 0.29) is 5.41 Å². The molecule has 0 bridgehead atoms. The minimum absolute atomic E-state index is 0.142. The third-order valence-electron chi connectivity index (χ3n) is 13.2. The lowest BCUT2D eigenvalue weighted by Crippen LogP contribution is -2.28. The predicted octanol–water partition coefficient (Wildman–Crippen LogP) is 15.2.